The Morgan fingerprint density at radius 3 is 2.60 bits per heavy atom. The summed E-state index contributed by atoms with van der Waals surface area (Å²) in [5.74, 6) is 0.166. The number of aliphatic hydroxyl groups is 1. The standard InChI is InChI=1S/C17H25NO2/c1-3-7-12(8-4-2)17(20)18-16-14-10-6-5-9-13(14)11-15(16)19/h5-6,9-10,12,15-16,19H,3-4,7-8,11H2,1-2H3,(H,18,20). The third-order valence-corrected chi connectivity index (χ3v) is 4.15. The summed E-state index contributed by atoms with van der Waals surface area (Å²) in [5, 5.41) is 13.3. The number of fused-ring (bicyclic) bond motifs is 1. The topological polar surface area (TPSA) is 49.3 Å². The van der Waals surface area contributed by atoms with Gasteiger partial charge in [0.05, 0.1) is 12.1 Å². The van der Waals surface area contributed by atoms with E-state index in [9.17, 15) is 9.90 Å². The number of carbonyl (C=O) groups is 1. The highest BCUT2D eigenvalue weighted by Gasteiger charge is 2.33. The third kappa shape index (κ3) is 3.21. The van der Waals surface area contributed by atoms with E-state index in [1.54, 1.807) is 0 Å². The Morgan fingerprint density at radius 2 is 1.95 bits per heavy atom. The lowest BCUT2D eigenvalue weighted by Crippen LogP contribution is -2.37. The Hall–Kier alpha value is -1.35. The minimum absolute atomic E-state index is 0.0740. The van der Waals surface area contributed by atoms with Crippen LogP contribution in [0, 0.1) is 5.92 Å². The van der Waals surface area contributed by atoms with E-state index in [2.05, 4.69) is 19.2 Å². The fourth-order valence-electron chi connectivity index (χ4n) is 3.12. The summed E-state index contributed by atoms with van der Waals surface area (Å²) < 4.78 is 0. The summed E-state index contributed by atoms with van der Waals surface area (Å²) in [6.45, 7) is 4.21. The van der Waals surface area contributed by atoms with E-state index in [0.29, 0.717) is 6.42 Å². The van der Waals surface area contributed by atoms with Gasteiger partial charge in [0, 0.05) is 12.3 Å². The van der Waals surface area contributed by atoms with Gasteiger partial charge < -0.3 is 10.4 Å². The molecule has 0 aromatic heterocycles. The summed E-state index contributed by atoms with van der Waals surface area (Å²) >= 11 is 0. The van der Waals surface area contributed by atoms with E-state index in [4.69, 9.17) is 0 Å². The molecule has 0 saturated carbocycles. The number of benzene rings is 1. The van der Waals surface area contributed by atoms with Gasteiger partial charge in [-0.25, -0.2) is 0 Å². The van der Waals surface area contributed by atoms with E-state index in [0.717, 1.165) is 36.8 Å². The van der Waals surface area contributed by atoms with Crippen LogP contribution in [0.1, 0.15) is 56.7 Å². The van der Waals surface area contributed by atoms with Crippen LogP contribution in [0.25, 0.3) is 0 Å². The number of nitrogens with one attached hydrogen (secondary N) is 1. The zero-order valence-corrected chi connectivity index (χ0v) is 12.4. The second-order valence-corrected chi connectivity index (χ2v) is 5.73. The average molecular weight is 275 g/mol. The monoisotopic (exact) mass is 275 g/mol. The van der Waals surface area contributed by atoms with Gasteiger partial charge in [-0.15, -0.1) is 0 Å². The summed E-state index contributed by atoms with van der Waals surface area (Å²) in [4.78, 5) is 12.4. The maximum atomic E-state index is 12.4. The van der Waals surface area contributed by atoms with Crippen molar-refractivity contribution in [1.82, 2.24) is 5.32 Å². The van der Waals surface area contributed by atoms with Gasteiger partial charge in [-0.1, -0.05) is 51.0 Å². The smallest absolute Gasteiger partial charge is 0.223 e. The lowest BCUT2D eigenvalue weighted by Gasteiger charge is -2.22. The number of carbonyl (C=O) groups excluding carboxylic acids is 1. The first-order chi connectivity index (χ1) is 9.67. The van der Waals surface area contributed by atoms with Crippen LogP contribution in [0.4, 0.5) is 0 Å². The van der Waals surface area contributed by atoms with Crippen molar-refractivity contribution in [2.45, 2.75) is 58.1 Å². The van der Waals surface area contributed by atoms with Crippen LogP contribution >= 0.6 is 0 Å². The Labute approximate surface area is 121 Å². The first-order valence-electron chi connectivity index (χ1n) is 7.73. The first-order valence-corrected chi connectivity index (χ1v) is 7.73. The van der Waals surface area contributed by atoms with E-state index < -0.39 is 6.10 Å². The summed E-state index contributed by atoms with van der Waals surface area (Å²) in [5.41, 5.74) is 2.22. The second kappa shape index (κ2) is 6.89. The third-order valence-electron chi connectivity index (χ3n) is 4.15. The lowest BCUT2D eigenvalue weighted by atomic mass is 9.96. The fourth-order valence-corrected chi connectivity index (χ4v) is 3.12. The number of rotatable bonds is 6. The van der Waals surface area contributed by atoms with Crippen molar-refractivity contribution < 1.29 is 9.90 Å². The molecule has 0 radical (unpaired) electrons. The van der Waals surface area contributed by atoms with Crippen molar-refractivity contribution in [2.75, 3.05) is 0 Å². The zero-order chi connectivity index (χ0) is 14.5. The van der Waals surface area contributed by atoms with Gasteiger partial charge in [0.1, 0.15) is 0 Å². The lowest BCUT2D eigenvalue weighted by molar-refractivity contribution is -0.127. The quantitative estimate of drug-likeness (QED) is 0.838. The molecule has 0 bridgehead atoms. The summed E-state index contributed by atoms with van der Waals surface area (Å²) in [7, 11) is 0. The maximum Gasteiger partial charge on any atom is 0.223 e. The van der Waals surface area contributed by atoms with Gasteiger partial charge in [-0.3, -0.25) is 4.79 Å². The molecule has 0 spiro atoms. The number of hydrogen-bond donors (Lipinski definition) is 2. The van der Waals surface area contributed by atoms with Gasteiger partial charge in [0.2, 0.25) is 5.91 Å². The molecule has 1 aromatic rings. The normalized spacial score (nSPS) is 21.0. The molecule has 2 N–H and O–H groups in total. The van der Waals surface area contributed by atoms with Gasteiger partial charge in [0.25, 0.3) is 0 Å². The predicted octanol–water partition coefficient (Wildman–Crippen LogP) is 2.98. The number of amides is 1. The van der Waals surface area contributed by atoms with Crippen molar-refractivity contribution in [3.8, 4) is 0 Å². The molecular weight excluding hydrogens is 250 g/mol. The van der Waals surface area contributed by atoms with Crippen LogP contribution in [-0.2, 0) is 11.2 Å². The molecule has 0 heterocycles. The first kappa shape index (κ1) is 15.0. The Balaban J connectivity index is 2.07. The van der Waals surface area contributed by atoms with Crippen LogP contribution in [0.15, 0.2) is 24.3 Å². The molecule has 20 heavy (non-hydrogen) atoms. The fraction of sp³-hybridized carbons (Fsp3) is 0.588. The van der Waals surface area contributed by atoms with Gasteiger partial charge in [0.15, 0.2) is 0 Å². The zero-order valence-electron chi connectivity index (χ0n) is 12.4. The highest BCUT2D eigenvalue weighted by molar-refractivity contribution is 5.79. The molecule has 110 valence electrons. The molecule has 2 unspecified atom stereocenters. The molecule has 3 nitrogen and oxygen atoms in total. The van der Waals surface area contributed by atoms with E-state index in [-0.39, 0.29) is 17.9 Å². The average Bonchev–Trinajstić information content (AvgIpc) is 2.75. The molecule has 2 rings (SSSR count). The van der Waals surface area contributed by atoms with Crippen LogP contribution < -0.4 is 5.32 Å². The molecule has 0 fully saturated rings. The molecule has 1 aromatic carbocycles. The predicted molar refractivity (Wildman–Crippen MR) is 80.3 cm³/mol. The Bertz CT molecular complexity index is 452. The minimum atomic E-state index is -0.500. The molecule has 2 atom stereocenters. The van der Waals surface area contributed by atoms with E-state index in [1.165, 1.54) is 0 Å². The van der Waals surface area contributed by atoms with Crippen molar-refractivity contribution in [3.63, 3.8) is 0 Å². The van der Waals surface area contributed by atoms with Crippen molar-refractivity contribution in [3.05, 3.63) is 35.4 Å². The summed E-state index contributed by atoms with van der Waals surface area (Å²) in [6, 6.07) is 7.74. The second-order valence-electron chi connectivity index (χ2n) is 5.73. The Morgan fingerprint density at radius 1 is 1.30 bits per heavy atom. The Kier molecular flexibility index (Phi) is 5.18. The molecule has 0 saturated heterocycles. The highest BCUT2D eigenvalue weighted by atomic mass is 16.3. The van der Waals surface area contributed by atoms with Gasteiger partial charge in [-0.2, -0.15) is 0 Å². The van der Waals surface area contributed by atoms with Crippen LogP contribution in [0.5, 0.6) is 0 Å². The van der Waals surface area contributed by atoms with Crippen molar-refractivity contribution in [1.29, 1.82) is 0 Å². The maximum absolute atomic E-state index is 12.4. The molecule has 1 amide bonds. The summed E-state index contributed by atoms with van der Waals surface area (Å²) in [6.07, 6.45) is 4.01. The van der Waals surface area contributed by atoms with Crippen molar-refractivity contribution >= 4 is 5.91 Å². The van der Waals surface area contributed by atoms with Crippen molar-refractivity contribution in [2.24, 2.45) is 5.92 Å². The molecule has 1 aliphatic rings. The number of hydrogen-bond acceptors (Lipinski definition) is 2. The number of aliphatic hydroxyl groups excluding tert-OH is 1. The molecular formula is C17H25NO2. The minimum Gasteiger partial charge on any atom is -0.390 e. The van der Waals surface area contributed by atoms with E-state index >= 15 is 0 Å². The highest BCUT2D eigenvalue weighted by Crippen LogP contribution is 2.31. The van der Waals surface area contributed by atoms with E-state index in [1.807, 2.05) is 24.3 Å². The van der Waals surface area contributed by atoms with Crippen LogP contribution in [0.2, 0.25) is 0 Å². The van der Waals surface area contributed by atoms with Gasteiger partial charge >= 0.3 is 0 Å². The molecule has 1 aliphatic carbocycles. The van der Waals surface area contributed by atoms with Crippen LogP contribution in [0.3, 0.4) is 0 Å². The molecule has 3 heteroatoms. The van der Waals surface area contributed by atoms with Crippen LogP contribution in [-0.4, -0.2) is 17.1 Å². The SMILES string of the molecule is CCCC(CCC)C(=O)NC1c2ccccc2CC1O. The largest absolute Gasteiger partial charge is 0.390 e. The van der Waals surface area contributed by atoms with Gasteiger partial charge in [-0.05, 0) is 24.0 Å². The molecule has 0 aliphatic heterocycles.